The van der Waals surface area contributed by atoms with Gasteiger partial charge >= 0.3 is 5.97 Å². The van der Waals surface area contributed by atoms with E-state index in [1.165, 1.54) is 13.2 Å². The number of carboxylic acids is 1. The largest absolute Gasteiger partial charge is 0.496 e. The van der Waals surface area contributed by atoms with Gasteiger partial charge in [-0.3, -0.25) is 0 Å². The molecule has 0 aliphatic heterocycles. The lowest BCUT2D eigenvalue weighted by Crippen LogP contribution is -2.10. The predicted molar refractivity (Wildman–Crippen MR) is 64.0 cm³/mol. The summed E-state index contributed by atoms with van der Waals surface area (Å²) in [4.78, 5) is 10.8. The number of carbonyl (C=O) groups is 1. The normalized spacial score (nSPS) is 10.9. The SMILES string of the molecule is COc1ccc(F)cc1Cn1nnc(C(=O)O)c1C(F)F. The number of benzene rings is 1. The number of carboxylic acid groups (broad SMARTS) is 1. The van der Waals surface area contributed by atoms with E-state index in [0.717, 1.165) is 12.1 Å². The molecule has 2 aromatic rings. The molecule has 0 fully saturated rings. The minimum Gasteiger partial charge on any atom is -0.496 e. The van der Waals surface area contributed by atoms with E-state index in [-0.39, 0.29) is 17.9 Å². The summed E-state index contributed by atoms with van der Waals surface area (Å²) in [5, 5.41) is 15.4. The molecule has 21 heavy (non-hydrogen) atoms. The summed E-state index contributed by atoms with van der Waals surface area (Å²) in [6, 6.07) is 3.58. The van der Waals surface area contributed by atoms with E-state index in [1.54, 1.807) is 0 Å². The fraction of sp³-hybridized carbons (Fsp3) is 0.250. The Morgan fingerprint density at radius 3 is 2.76 bits per heavy atom. The number of alkyl halides is 2. The third-order valence-corrected chi connectivity index (χ3v) is 2.75. The molecular formula is C12H10F3N3O3. The molecule has 0 bridgehead atoms. The topological polar surface area (TPSA) is 77.2 Å². The molecule has 0 aliphatic carbocycles. The van der Waals surface area contributed by atoms with Crippen molar-refractivity contribution in [2.24, 2.45) is 0 Å². The first-order valence-electron chi connectivity index (χ1n) is 5.71. The van der Waals surface area contributed by atoms with E-state index >= 15 is 0 Å². The van der Waals surface area contributed by atoms with Gasteiger partial charge in [0.2, 0.25) is 0 Å². The van der Waals surface area contributed by atoms with Gasteiger partial charge in [-0.2, -0.15) is 0 Å². The minimum absolute atomic E-state index is 0.237. The van der Waals surface area contributed by atoms with Crippen LogP contribution in [0.1, 0.15) is 28.2 Å². The second-order valence-corrected chi connectivity index (χ2v) is 4.04. The third kappa shape index (κ3) is 2.96. The van der Waals surface area contributed by atoms with E-state index in [9.17, 15) is 18.0 Å². The Kier molecular flexibility index (Phi) is 4.10. The van der Waals surface area contributed by atoms with Crippen molar-refractivity contribution in [3.63, 3.8) is 0 Å². The number of rotatable bonds is 5. The third-order valence-electron chi connectivity index (χ3n) is 2.75. The molecule has 1 heterocycles. The van der Waals surface area contributed by atoms with Gasteiger partial charge in [-0.25, -0.2) is 22.6 Å². The summed E-state index contributed by atoms with van der Waals surface area (Å²) in [5.74, 6) is -1.92. The van der Waals surface area contributed by atoms with E-state index in [4.69, 9.17) is 9.84 Å². The monoisotopic (exact) mass is 301 g/mol. The molecule has 0 atom stereocenters. The first kappa shape index (κ1) is 14.8. The maximum absolute atomic E-state index is 13.2. The minimum atomic E-state index is -3.08. The molecule has 0 saturated carbocycles. The lowest BCUT2D eigenvalue weighted by Gasteiger charge is -2.10. The van der Waals surface area contributed by atoms with Gasteiger partial charge < -0.3 is 9.84 Å². The number of methoxy groups -OCH3 is 1. The van der Waals surface area contributed by atoms with Gasteiger partial charge in [-0.1, -0.05) is 5.21 Å². The van der Waals surface area contributed by atoms with Gasteiger partial charge in [0.15, 0.2) is 5.69 Å². The number of halogens is 3. The van der Waals surface area contributed by atoms with Crippen molar-refractivity contribution in [3.8, 4) is 5.75 Å². The average molecular weight is 301 g/mol. The summed E-state index contributed by atoms with van der Waals surface area (Å²) in [6.45, 7) is -0.291. The first-order valence-corrected chi connectivity index (χ1v) is 5.71. The zero-order chi connectivity index (χ0) is 15.6. The average Bonchev–Trinajstić information content (AvgIpc) is 2.83. The van der Waals surface area contributed by atoms with Crippen LogP contribution < -0.4 is 4.74 Å². The molecule has 0 amide bonds. The van der Waals surface area contributed by atoms with Crippen LogP contribution in [0, 0.1) is 5.82 Å². The molecule has 1 N–H and O–H groups in total. The second kappa shape index (κ2) is 5.81. The Bertz CT molecular complexity index is 673. The van der Waals surface area contributed by atoms with Crippen molar-refractivity contribution in [2.45, 2.75) is 13.0 Å². The number of nitrogens with zero attached hydrogens (tertiary/aromatic N) is 3. The number of hydrogen-bond acceptors (Lipinski definition) is 4. The van der Waals surface area contributed by atoms with Crippen LogP contribution in [-0.4, -0.2) is 33.2 Å². The quantitative estimate of drug-likeness (QED) is 0.915. The lowest BCUT2D eigenvalue weighted by atomic mass is 10.2. The number of hydrogen-bond donors (Lipinski definition) is 1. The van der Waals surface area contributed by atoms with Crippen molar-refractivity contribution in [3.05, 3.63) is 41.0 Å². The fourth-order valence-electron chi connectivity index (χ4n) is 1.84. The van der Waals surface area contributed by atoms with Crippen LogP contribution in [0.15, 0.2) is 18.2 Å². The highest BCUT2D eigenvalue weighted by molar-refractivity contribution is 5.86. The fourth-order valence-corrected chi connectivity index (χ4v) is 1.84. The molecule has 0 radical (unpaired) electrons. The molecule has 112 valence electrons. The first-order chi connectivity index (χ1) is 9.93. The Morgan fingerprint density at radius 2 is 2.19 bits per heavy atom. The molecular weight excluding hydrogens is 291 g/mol. The highest BCUT2D eigenvalue weighted by Gasteiger charge is 2.26. The van der Waals surface area contributed by atoms with Gasteiger partial charge in [0.25, 0.3) is 6.43 Å². The maximum Gasteiger partial charge on any atom is 0.358 e. The summed E-state index contributed by atoms with van der Waals surface area (Å²) in [7, 11) is 1.34. The van der Waals surface area contributed by atoms with Crippen molar-refractivity contribution >= 4 is 5.97 Å². The summed E-state index contributed by atoms with van der Waals surface area (Å²) in [5.41, 5.74) is -1.43. The number of aromatic nitrogens is 3. The smallest absolute Gasteiger partial charge is 0.358 e. The second-order valence-electron chi connectivity index (χ2n) is 4.04. The predicted octanol–water partition coefficient (Wildman–Crippen LogP) is 2.11. The lowest BCUT2D eigenvalue weighted by molar-refractivity contribution is 0.0675. The van der Waals surface area contributed by atoms with Gasteiger partial charge in [0.05, 0.1) is 13.7 Å². The molecule has 1 aromatic carbocycles. The number of ether oxygens (including phenoxy) is 1. The highest BCUT2D eigenvalue weighted by atomic mass is 19.3. The van der Waals surface area contributed by atoms with Crippen LogP contribution in [-0.2, 0) is 6.54 Å². The zero-order valence-electron chi connectivity index (χ0n) is 10.8. The van der Waals surface area contributed by atoms with E-state index in [2.05, 4.69) is 10.3 Å². The Morgan fingerprint density at radius 1 is 1.48 bits per heavy atom. The maximum atomic E-state index is 13.2. The van der Waals surface area contributed by atoms with Crippen LogP contribution in [0.5, 0.6) is 5.75 Å². The van der Waals surface area contributed by atoms with Crippen LogP contribution in [0.3, 0.4) is 0 Å². The molecule has 2 rings (SSSR count). The zero-order valence-corrected chi connectivity index (χ0v) is 10.8. The van der Waals surface area contributed by atoms with Gasteiger partial charge in [0, 0.05) is 5.56 Å². The van der Waals surface area contributed by atoms with E-state index in [0.29, 0.717) is 4.68 Å². The molecule has 1 aromatic heterocycles. The Balaban J connectivity index is 2.45. The van der Waals surface area contributed by atoms with Gasteiger partial charge in [0.1, 0.15) is 17.3 Å². The summed E-state index contributed by atoms with van der Waals surface area (Å²) in [6.07, 6.45) is -3.08. The van der Waals surface area contributed by atoms with Crippen LogP contribution in [0.4, 0.5) is 13.2 Å². The summed E-state index contributed by atoms with van der Waals surface area (Å²) < 4.78 is 44.9. The van der Waals surface area contributed by atoms with Gasteiger partial charge in [-0.15, -0.1) is 5.10 Å². The molecule has 6 nitrogen and oxygen atoms in total. The molecule has 9 heteroatoms. The Hall–Kier alpha value is -2.58. The standard InChI is InChI=1S/C12H10F3N3O3/c1-21-8-3-2-7(13)4-6(8)5-18-10(11(14)15)9(12(19)20)16-17-18/h2-4,11H,5H2,1H3,(H,19,20). The van der Waals surface area contributed by atoms with Crippen molar-refractivity contribution < 1.29 is 27.8 Å². The van der Waals surface area contributed by atoms with Crippen LogP contribution in [0.2, 0.25) is 0 Å². The molecule has 0 unspecified atom stereocenters. The van der Waals surface area contributed by atoms with Crippen molar-refractivity contribution in [1.82, 2.24) is 15.0 Å². The number of aromatic carboxylic acids is 1. The molecule has 0 saturated heterocycles. The van der Waals surface area contributed by atoms with Crippen LogP contribution >= 0.6 is 0 Å². The molecule has 0 spiro atoms. The summed E-state index contributed by atoms with van der Waals surface area (Å²) >= 11 is 0. The van der Waals surface area contributed by atoms with Crippen LogP contribution in [0.25, 0.3) is 0 Å². The Labute approximate surface area is 116 Å². The molecule has 0 aliphatic rings. The van der Waals surface area contributed by atoms with Crippen molar-refractivity contribution in [2.75, 3.05) is 7.11 Å². The van der Waals surface area contributed by atoms with Gasteiger partial charge in [-0.05, 0) is 18.2 Å². The highest BCUT2D eigenvalue weighted by Crippen LogP contribution is 2.25. The van der Waals surface area contributed by atoms with Crippen molar-refractivity contribution in [1.29, 1.82) is 0 Å². The van der Waals surface area contributed by atoms with E-state index < -0.39 is 29.6 Å². The van der Waals surface area contributed by atoms with E-state index in [1.807, 2.05) is 0 Å².